The van der Waals surface area contributed by atoms with Gasteiger partial charge in [0.2, 0.25) is 5.95 Å². The Hall–Kier alpha value is -4.33. The number of hydrogen-bond donors (Lipinski definition) is 2. The Morgan fingerprint density at radius 3 is 2.53 bits per heavy atom. The molecular formula is C26H23N3O5. The predicted octanol–water partition coefficient (Wildman–Crippen LogP) is 4.72. The number of aliphatic hydroxyl groups is 1. The fourth-order valence-electron chi connectivity index (χ4n) is 4.38. The third-order valence-electron chi connectivity index (χ3n) is 6.08. The fourth-order valence-corrected chi connectivity index (χ4v) is 4.38. The Kier molecular flexibility index (Phi) is 5.01. The van der Waals surface area contributed by atoms with E-state index in [2.05, 4.69) is 9.97 Å². The monoisotopic (exact) mass is 457 g/mol. The van der Waals surface area contributed by atoms with Crippen molar-refractivity contribution in [2.75, 3.05) is 12.0 Å². The predicted molar refractivity (Wildman–Crippen MR) is 127 cm³/mol. The second kappa shape index (κ2) is 7.91. The number of H-pyrrole nitrogens is 1. The van der Waals surface area contributed by atoms with E-state index in [0.717, 1.165) is 11.1 Å². The minimum absolute atomic E-state index is 0.0625. The number of aromatic nitrogens is 2. The number of aliphatic hydroxyl groups excluding tert-OH is 1. The van der Waals surface area contributed by atoms with Gasteiger partial charge in [0, 0.05) is 5.56 Å². The highest BCUT2D eigenvalue weighted by molar-refractivity contribution is 6.51. The molecule has 172 valence electrons. The van der Waals surface area contributed by atoms with Gasteiger partial charge in [-0.05, 0) is 68.3 Å². The van der Waals surface area contributed by atoms with Gasteiger partial charge in [-0.3, -0.25) is 14.5 Å². The van der Waals surface area contributed by atoms with Crippen LogP contribution in [0.1, 0.15) is 34.3 Å². The molecule has 8 heteroatoms. The number of benzene rings is 2. The molecule has 5 rings (SSSR count). The van der Waals surface area contributed by atoms with E-state index >= 15 is 0 Å². The van der Waals surface area contributed by atoms with Gasteiger partial charge in [-0.1, -0.05) is 12.1 Å². The average molecular weight is 457 g/mol. The third-order valence-corrected chi connectivity index (χ3v) is 6.08. The number of carbonyl (C=O) groups is 2. The van der Waals surface area contributed by atoms with Gasteiger partial charge in [-0.25, -0.2) is 4.98 Å². The topological polar surface area (TPSA) is 109 Å². The van der Waals surface area contributed by atoms with Crippen molar-refractivity contribution in [1.82, 2.24) is 9.97 Å². The number of carbonyl (C=O) groups excluding carboxylic acids is 2. The van der Waals surface area contributed by atoms with Crippen molar-refractivity contribution in [3.8, 4) is 5.75 Å². The number of ketones is 1. The molecule has 3 heterocycles. The number of amides is 1. The standard InChI is InChI=1S/C26H23N3O5/c1-13-12-20(33-4)14(2)11-16(13)23(30)21-22(19-10-9-15(3)34-19)29(25(32)24(21)31)26-27-17-7-5-6-8-18(17)28-26/h5-12,22,30H,1-4H3,(H,27,28)/b23-21+. The number of imidazole rings is 1. The van der Waals surface area contributed by atoms with E-state index in [4.69, 9.17) is 9.15 Å². The number of aromatic amines is 1. The highest BCUT2D eigenvalue weighted by atomic mass is 16.5. The number of fused-ring (bicyclic) bond motifs is 1. The summed E-state index contributed by atoms with van der Waals surface area (Å²) in [6.45, 7) is 5.42. The number of aryl methyl sites for hydroxylation is 3. The largest absolute Gasteiger partial charge is 0.507 e. The van der Waals surface area contributed by atoms with Crippen LogP contribution >= 0.6 is 0 Å². The summed E-state index contributed by atoms with van der Waals surface area (Å²) in [6, 6.07) is 13.3. The lowest BCUT2D eigenvalue weighted by molar-refractivity contribution is -0.132. The molecule has 8 nitrogen and oxygen atoms in total. The highest BCUT2D eigenvalue weighted by Gasteiger charge is 2.49. The molecule has 2 aromatic heterocycles. The van der Waals surface area contributed by atoms with Crippen molar-refractivity contribution in [1.29, 1.82) is 0 Å². The Morgan fingerprint density at radius 1 is 1.09 bits per heavy atom. The average Bonchev–Trinajstić information content (AvgIpc) is 3.50. The normalized spacial score (nSPS) is 17.6. The van der Waals surface area contributed by atoms with Crippen LogP contribution in [0.5, 0.6) is 5.75 Å². The Bertz CT molecular complexity index is 1460. The van der Waals surface area contributed by atoms with Crippen LogP contribution in [0.15, 0.2) is 58.5 Å². The van der Waals surface area contributed by atoms with Crippen molar-refractivity contribution in [2.24, 2.45) is 0 Å². The first kappa shape index (κ1) is 21.5. The molecule has 1 atom stereocenters. The van der Waals surface area contributed by atoms with Gasteiger partial charge in [-0.2, -0.15) is 0 Å². The van der Waals surface area contributed by atoms with E-state index in [0.29, 0.717) is 33.9 Å². The maximum absolute atomic E-state index is 13.3. The van der Waals surface area contributed by atoms with Crippen molar-refractivity contribution in [3.63, 3.8) is 0 Å². The van der Waals surface area contributed by atoms with Gasteiger partial charge in [0.1, 0.15) is 29.1 Å². The molecule has 2 aromatic carbocycles. The number of hydrogen-bond acceptors (Lipinski definition) is 6. The summed E-state index contributed by atoms with van der Waals surface area (Å²) in [6.07, 6.45) is 0. The molecule has 0 aliphatic carbocycles. The number of nitrogens with one attached hydrogen (secondary N) is 1. The quantitative estimate of drug-likeness (QED) is 0.261. The summed E-state index contributed by atoms with van der Waals surface area (Å²) in [4.78, 5) is 35.5. The number of nitrogens with zero attached hydrogens (tertiary/aromatic N) is 2. The molecule has 0 saturated carbocycles. The van der Waals surface area contributed by atoms with E-state index in [9.17, 15) is 14.7 Å². The first-order chi connectivity index (χ1) is 16.3. The van der Waals surface area contributed by atoms with E-state index in [1.54, 1.807) is 45.2 Å². The third kappa shape index (κ3) is 3.26. The number of rotatable bonds is 4. The van der Waals surface area contributed by atoms with Crippen molar-refractivity contribution in [3.05, 3.63) is 82.3 Å². The van der Waals surface area contributed by atoms with Gasteiger partial charge in [0.25, 0.3) is 5.78 Å². The van der Waals surface area contributed by atoms with Crippen LogP contribution in [0.3, 0.4) is 0 Å². The molecule has 4 aromatic rings. The first-order valence-corrected chi connectivity index (χ1v) is 10.8. The molecule has 1 amide bonds. The second-order valence-corrected chi connectivity index (χ2v) is 8.33. The number of Topliss-reactive ketones (excluding diaryl/α,β-unsaturated/α-hetero) is 1. The molecule has 0 radical (unpaired) electrons. The van der Waals surface area contributed by atoms with Gasteiger partial charge < -0.3 is 19.2 Å². The smallest absolute Gasteiger partial charge is 0.302 e. The van der Waals surface area contributed by atoms with E-state index in [1.165, 1.54) is 4.90 Å². The van der Waals surface area contributed by atoms with Crippen LogP contribution in [-0.2, 0) is 9.59 Å². The summed E-state index contributed by atoms with van der Waals surface area (Å²) in [5.74, 6) is -0.0750. The molecule has 34 heavy (non-hydrogen) atoms. The molecule has 1 fully saturated rings. The molecule has 2 N–H and O–H groups in total. The Balaban J connectivity index is 1.74. The molecule has 1 unspecified atom stereocenters. The van der Waals surface area contributed by atoms with Crippen LogP contribution in [0.25, 0.3) is 16.8 Å². The summed E-state index contributed by atoms with van der Waals surface area (Å²) in [5, 5.41) is 11.4. The van der Waals surface area contributed by atoms with Crippen LogP contribution in [0.2, 0.25) is 0 Å². The van der Waals surface area contributed by atoms with Crippen molar-refractivity contribution < 1.29 is 23.8 Å². The minimum Gasteiger partial charge on any atom is -0.507 e. The number of furan rings is 1. The van der Waals surface area contributed by atoms with Gasteiger partial charge in [0.05, 0.1) is 23.7 Å². The second-order valence-electron chi connectivity index (χ2n) is 8.33. The lowest BCUT2D eigenvalue weighted by atomic mass is 9.95. The van der Waals surface area contributed by atoms with Gasteiger partial charge in [0.15, 0.2) is 0 Å². The molecule has 1 saturated heterocycles. The van der Waals surface area contributed by atoms with E-state index in [1.807, 2.05) is 31.2 Å². The summed E-state index contributed by atoms with van der Waals surface area (Å²) in [5.41, 5.74) is 3.23. The lowest BCUT2D eigenvalue weighted by Gasteiger charge is -2.21. The zero-order valence-electron chi connectivity index (χ0n) is 19.2. The maximum Gasteiger partial charge on any atom is 0.302 e. The molecule has 1 aliphatic heterocycles. The highest BCUT2D eigenvalue weighted by Crippen LogP contribution is 2.43. The minimum atomic E-state index is -0.990. The van der Waals surface area contributed by atoms with Crippen LogP contribution in [0.4, 0.5) is 5.95 Å². The van der Waals surface area contributed by atoms with Crippen LogP contribution in [0, 0.1) is 20.8 Å². The number of methoxy groups -OCH3 is 1. The first-order valence-electron chi connectivity index (χ1n) is 10.8. The molecule has 0 spiro atoms. The Labute approximate surface area is 195 Å². The molecule has 0 bridgehead atoms. The zero-order chi connectivity index (χ0) is 24.1. The summed E-state index contributed by atoms with van der Waals surface area (Å²) < 4.78 is 11.2. The van der Waals surface area contributed by atoms with Crippen molar-refractivity contribution in [2.45, 2.75) is 26.8 Å². The number of ether oxygens (including phenoxy) is 1. The lowest BCUT2D eigenvalue weighted by Crippen LogP contribution is -2.30. The summed E-state index contributed by atoms with van der Waals surface area (Å²) >= 11 is 0. The maximum atomic E-state index is 13.3. The molecule has 1 aliphatic rings. The zero-order valence-corrected chi connectivity index (χ0v) is 19.2. The van der Waals surface area contributed by atoms with E-state index in [-0.39, 0.29) is 17.3 Å². The number of anilines is 1. The van der Waals surface area contributed by atoms with Crippen LogP contribution < -0.4 is 9.64 Å². The van der Waals surface area contributed by atoms with Gasteiger partial charge in [-0.15, -0.1) is 0 Å². The van der Waals surface area contributed by atoms with Gasteiger partial charge >= 0.3 is 5.91 Å². The van der Waals surface area contributed by atoms with E-state index < -0.39 is 17.7 Å². The molecular weight excluding hydrogens is 434 g/mol. The Morgan fingerprint density at radius 2 is 1.85 bits per heavy atom. The SMILES string of the molecule is COc1cc(C)c(/C(O)=C2\C(=O)C(=O)N(c3nc4ccccc4[nH]3)C2c2ccc(C)o2)cc1C. The van der Waals surface area contributed by atoms with Crippen molar-refractivity contribution >= 4 is 34.4 Å². The van der Waals surface area contributed by atoms with Crippen LogP contribution in [-0.4, -0.2) is 33.9 Å². The summed E-state index contributed by atoms with van der Waals surface area (Å²) in [7, 11) is 1.57. The fraction of sp³-hybridized carbons (Fsp3) is 0.192. The number of para-hydroxylation sites is 2.